The molecule has 2 aliphatic heterocycles. The zero-order chi connectivity index (χ0) is 15.6. The van der Waals surface area contributed by atoms with Crippen molar-refractivity contribution in [1.29, 1.82) is 0 Å². The van der Waals surface area contributed by atoms with Crippen molar-refractivity contribution >= 4 is 11.8 Å². The first-order chi connectivity index (χ1) is 9.77. The van der Waals surface area contributed by atoms with Crippen molar-refractivity contribution in [3.8, 4) is 0 Å². The zero-order valence-electron chi connectivity index (χ0n) is 13.7. The van der Waals surface area contributed by atoms with Gasteiger partial charge in [-0.25, -0.2) is 0 Å². The molecule has 2 amide bonds. The van der Waals surface area contributed by atoms with Gasteiger partial charge in [-0.15, -0.1) is 0 Å². The van der Waals surface area contributed by atoms with Gasteiger partial charge in [-0.05, 0) is 25.7 Å². The summed E-state index contributed by atoms with van der Waals surface area (Å²) in [6.45, 7) is 6.06. The highest BCUT2D eigenvalue weighted by molar-refractivity contribution is 5.82. The zero-order valence-corrected chi connectivity index (χ0v) is 13.7. The highest BCUT2D eigenvalue weighted by Crippen LogP contribution is 2.29. The average molecular weight is 295 g/mol. The van der Waals surface area contributed by atoms with Crippen LogP contribution < -0.4 is 10.6 Å². The number of hydrogen-bond donors (Lipinski definition) is 2. The van der Waals surface area contributed by atoms with E-state index in [4.69, 9.17) is 0 Å². The molecule has 0 aromatic rings. The van der Waals surface area contributed by atoms with Crippen LogP contribution in [0.2, 0.25) is 0 Å². The summed E-state index contributed by atoms with van der Waals surface area (Å²) >= 11 is 0. The van der Waals surface area contributed by atoms with Gasteiger partial charge in [-0.3, -0.25) is 9.59 Å². The second-order valence-corrected chi connectivity index (χ2v) is 7.52. The molecule has 2 atom stereocenters. The molecule has 2 N–H and O–H groups in total. The first-order valence-electron chi connectivity index (χ1n) is 8.07. The van der Waals surface area contributed by atoms with Gasteiger partial charge in [0.25, 0.3) is 0 Å². The molecule has 0 aliphatic carbocycles. The molecule has 2 aliphatic rings. The average Bonchev–Trinajstić information content (AvgIpc) is 2.75. The number of nitrogens with one attached hydrogen (secondary N) is 2. The molecule has 0 radical (unpaired) electrons. The van der Waals surface area contributed by atoms with Crippen LogP contribution in [0, 0.1) is 5.41 Å². The first kappa shape index (κ1) is 16.3. The van der Waals surface area contributed by atoms with Crippen LogP contribution in [0.5, 0.6) is 0 Å². The van der Waals surface area contributed by atoms with Crippen LogP contribution in [0.1, 0.15) is 52.9 Å². The third-order valence-electron chi connectivity index (χ3n) is 4.69. The Bertz CT molecular complexity index is 391. The Kier molecular flexibility index (Phi) is 4.91. The minimum atomic E-state index is -0.400. The molecule has 2 bridgehead atoms. The van der Waals surface area contributed by atoms with Gasteiger partial charge in [-0.1, -0.05) is 20.8 Å². The summed E-state index contributed by atoms with van der Waals surface area (Å²) in [4.78, 5) is 25.9. The third kappa shape index (κ3) is 4.19. The van der Waals surface area contributed by atoms with Crippen LogP contribution in [0.15, 0.2) is 0 Å². The maximum atomic E-state index is 12.3. The molecular weight excluding hydrogens is 266 g/mol. The summed E-state index contributed by atoms with van der Waals surface area (Å²) in [5, 5.41) is 6.44. The topological polar surface area (TPSA) is 61.4 Å². The minimum Gasteiger partial charge on any atom is -0.355 e. The smallest absolute Gasteiger partial charge is 0.225 e. The van der Waals surface area contributed by atoms with E-state index < -0.39 is 5.41 Å². The number of nitrogens with zero attached hydrogens (tertiary/aromatic N) is 1. The second kappa shape index (κ2) is 6.34. The van der Waals surface area contributed by atoms with Crippen LogP contribution in [0.25, 0.3) is 0 Å². The lowest BCUT2D eigenvalue weighted by Crippen LogP contribution is -2.49. The molecule has 5 heteroatoms. The summed E-state index contributed by atoms with van der Waals surface area (Å²) in [5.74, 6) is 0.133. The highest BCUT2D eigenvalue weighted by atomic mass is 16.2. The summed E-state index contributed by atoms with van der Waals surface area (Å²) in [5.41, 5.74) is -0.400. The molecule has 2 rings (SSSR count). The maximum Gasteiger partial charge on any atom is 0.225 e. The fourth-order valence-corrected chi connectivity index (χ4v) is 3.27. The van der Waals surface area contributed by atoms with E-state index in [2.05, 4.69) is 10.6 Å². The lowest BCUT2D eigenvalue weighted by atomic mass is 9.95. The van der Waals surface area contributed by atoms with E-state index in [1.54, 1.807) is 0 Å². The van der Waals surface area contributed by atoms with E-state index in [0.717, 1.165) is 12.8 Å². The van der Waals surface area contributed by atoms with E-state index in [0.29, 0.717) is 31.1 Å². The Balaban J connectivity index is 1.74. The number of carbonyl (C=O) groups excluding carboxylic acids is 2. The molecule has 120 valence electrons. The van der Waals surface area contributed by atoms with Crippen molar-refractivity contribution in [2.24, 2.45) is 5.41 Å². The summed E-state index contributed by atoms with van der Waals surface area (Å²) in [6.07, 6.45) is 4.99. The van der Waals surface area contributed by atoms with Crippen molar-refractivity contribution in [2.75, 3.05) is 13.6 Å². The molecular formula is C16H29N3O2. The number of hydrogen-bond acceptors (Lipinski definition) is 3. The van der Waals surface area contributed by atoms with E-state index in [1.807, 2.05) is 32.7 Å². The SMILES string of the molecule is CN(C(=O)CCNC(=O)C(C)(C)C)C1CC2CCC(C1)N2. The molecule has 0 spiro atoms. The molecule has 0 saturated carbocycles. The van der Waals surface area contributed by atoms with Crippen LogP contribution in [-0.2, 0) is 9.59 Å². The molecule has 0 aromatic heterocycles. The van der Waals surface area contributed by atoms with Crippen LogP contribution in [0.4, 0.5) is 0 Å². The van der Waals surface area contributed by atoms with Crippen molar-refractivity contribution in [1.82, 2.24) is 15.5 Å². The van der Waals surface area contributed by atoms with Gasteiger partial charge in [0, 0.05) is 43.6 Å². The van der Waals surface area contributed by atoms with Gasteiger partial charge in [0.1, 0.15) is 0 Å². The van der Waals surface area contributed by atoms with E-state index in [1.165, 1.54) is 12.8 Å². The quantitative estimate of drug-likeness (QED) is 0.821. The fraction of sp³-hybridized carbons (Fsp3) is 0.875. The minimum absolute atomic E-state index is 0.00198. The molecule has 21 heavy (non-hydrogen) atoms. The Hall–Kier alpha value is -1.10. The van der Waals surface area contributed by atoms with Crippen molar-refractivity contribution in [3.63, 3.8) is 0 Å². The van der Waals surface area contributed by atoms with Gasteiger partial charge in [-0.2, -0.15) is 0 Å². The lowest BCUT2D eigenvalue weighted by Gasteiger charge is -2.35. The standard InChI is InChI=1S/C16H29N3O2/c1-16(2,3)15(21)17-8-7-14(20)19(4)13-9-11-5-6-12(10-13)18-11/h11-13,18H,5-10H2,1-4H3,(H,17,21). The normalized spacial score (nSPS) is 28.3. The Morgan fingerprint density at radius 1 is 1.19 bits per heavy atom. The molecule has 5 nitrogen and oxygen atoms in total. The second-order valence-electron chi connectivity index (χ2n) is 7.52. The molecule has 2 saturated heterocycles. The molecule has 2 heterocycles. The Morgan fingerprint density at radius 3 is 2.29 bits per heavy atom. The van der Waals surface area contributed by atoms with Crippen molar-refractivity contribution < 1.29 is 9.59 Å². The van der Waals surface area contributed by atoms with Gasteiger partial charge in [0.2, 0.25) is 11.8 Å². The first-order valence-corrected chi connectivity index (χ1v) is 8.07. The number of rotatable bonds is 4. The van der Waals surface area contributed by atoms with E-state index in [9.17, 15) is 9.59 Å². The van der Waals surface area contributed by atoms with Crippen molar-refractivity contribution in [2.45, 2.75) is 71.0 Å². The third-order valence-corrected chi connectivity index (χ3v) is 4.69. The largest absolute Gasteiger partial charge is 0.355 e. The lowest BCUT2D eigenvalue weighted by molar-refractivity contribution is -0.133. The number of carbonyl (C=O) groups is 2. The van der Waals surface area contributed by atoms with Gasteiger partial charge in [0.05, 0.1) is 0 Å². The fourth-order valence-electron chi connectivity index (χ4n) is 3.27. The number of piperidine rings is 1. The van der Waals surface area contributed by atoms with Gasteiger partial charge >= 0.3 is 0 Å². The van der Waals surface area contributed by atoms with Crippen LogP contribution >= 0.6 is 0 Å². The Morgan fingerprint density at radius 2 is 1.76 bits per heavy atom. The molecule has 2 fully saturated rings. The van der Waals surface area contributed by atoms with Crippen LogP contribution in [-0.4, -0.2) is 48.4 Å². The van der Waals surface area contributed by atoms with E-state index >= 15 is 0 Å². The monoisotopic (exact) mass is 295 g/mol. The Labute approximate surface area is 127 Å². The predicted molar refractivity (Wildman–Crippen MR) is 82.8 cm³/mol. The maximum absolute atomic E-state index is 12.3. The summed E-state index contributed by atoms with van der Waals surface area (Å²) < 4.78 is 0. The van der Waals surface area contributed by atoms with Crippen LogP contribution in [0.3, 0.4) is 0 Å². The summed E-state index contributed by atoms with van der Waals surface area (Å²) in [7, 11) is 1.91. The van der Waals surface area contributed by atoms with E-state index in [-0.39, 0.29) is 11.8 Å². The van der Waals surface area contributed by atoms with Gasteiger partial charge < -0.3 is 15.5 Å². The van der Waals surface area contributed by atoms with Crippen molar-refractivity contribution in [3.05, 3.63) is 0 Å². The van der Waals surface area contributed by atoms with Gasteiger partial charge in [0.15, 0.2) is 0 Å². The highest BCUT2D eigenvalue weighted by Gasteiger charge is 2.36. The predicted octanol–water partition coefficient (Wildman–Crippen LogP) is 1.28. The number of amides is 2. The molecule has 0 aromatic carbocycles. The number of fused-ring (bicyclic) bond motifs is 2. The summed E-state index contributed by atoms with van der Waals surface area (Å²) in [6, 6.07) is 1.53. The molecule has 2 unspecified atom stereocenters.